The van der Waals surface area contributed by atoms with E-state index >= 15 is 0 Å². The lowest BCUT2D eigenvalue weighted by molar-refractivity contribution is 0.306. The third-order valence-corrected chi connectivity index (χ3v) is 7.15. The van der Waals surface area contributed by atoms with Crippen LogP contribution in [0.2, 0.25) is 0 Å². The van der Waals surface area contributed by atoms with Gasteiger partial charge in [-0.3, -0.25) is 4.57 Å². The van der Waals surface area contributed by atoms with Crippen molar-refractivity contribution < 1.29 is 4.74 Å². The van der Waals surface area contributed by atoms with E-state index in [1.165, 1.54) is 0 Å². The Kier molecular flexibility index (Phi) is 7.79. The number of hydrogen-bond acceptors (Lipinski definition) is 5. The second kappa shape index (κ2) is 12.1. The molecule has 0 amide bonds. The normalized spacial score (nSPS) is 10.9. The number of halogens is 1. The number of benzene rings is 5. The van der Waals surface area contributed by atoms with Crippen LogP contribution in [0.5, 0.6) is 5.75 Å². The molecule has 5 aromatic carbocycles. The summed E-state index contributed by atoms with van der Waals surface area (Å²) in [6, 6.07) is 43.0. The second-order valence-corrected chi connectivity index (χ2v) is 9.91. The molecule has 0 spiro atoms. The van der Waals surface area contributed by atoms with Gasteiger partial charge in [-0.05, 0) is 53.6 Å². The topological polar surface area (TPSA) is 64.9 Å². The van der Waals surface area contributed by atoms with Gasteiger partial charge in [0.05, 0.1) is 16.7 Å². The van der Waals surface area contributed by atoms with Crippen LogP contribution in [0.3, 0.4) is 0 Å². The van der Waals surface area contributed by atoms with Crippen LogP contribution in [-0.4, -0.2) is 19.7 Å². The number of hydrogen-bond donors (Lipinski definition) is 1. The van der Waals surface area contributed by atoms with Crippen molar-refractivity contribution >= 4 is 45.7 Å². The standard InChI is InChI=1S/C35H27N5O.ClH/c1-3-9-26(10-4-1)23-41-29-18-15-25(16-19-29)21-32-30-13-7-8-14-31(30)35(39-38-32)37-27-17-20-34-33(22-27)36-24-40(34)28-11-5-2-6-12-28;/h1-20,22,24H,21,23H2,(H,37,39);1H. The maximum absolute atomic E-state index is 5.95. The first-order chi connectivity index (χ1) is 20.3. The Hall–Kier alpha value is -5.20. The summed E-state index contributed by atoms with van der Waals surface area (Å²) in [5, 5.41) is 14.8. The molecule has 0 aliphatic rings. The summed E-state index contributed by atoms with van der Waals surface area (Å²) in [6.07, 6.45) is 2.53. The summed E-state index contributed by atoms with van der Waals surface area (Å²) in [5.74, 6) is 1.56. The van der Waals surface area contributed by atoms with Crippen molar-refractivity contribution in [1.82, 2.24) is 19.7 Å². The Balaban J connectivity index is 0.00000316. The van der Waals surface area contributed by atoms with Crippen molar-refractivity contribution in [2.45, 2.75) is 13.0 Å². The predicted molar refractivity (Wildman–Crippen MR) is 171 cm³/mol. The molecular weight excluding hydrogens is 542 g/mol. The minimum atomic E-state index is 0. The quantitative estimate of drug-likeness (QED) is 0.199. The molecule has 0 atom stereocenters. The van der Waals surface area contributed by atoms with Crippen molar-refractivity contribution in [3.63, 3.8) is 0 Å². The molecule has 0 fully saturated rings. The van der Waals surface area contributed by atoms with Crippen LogP contribution in [0.15, 0.2) is 134 Å². The van der Waals surface area contributed by atoms with Gasteiger partial charge in [0.15, 0.2) is 5.82 Å². The Labute approximate surface area is 250 Å². The molecule has 6 nitrogen and oxygen atoms in total. The van der Waals surface area contributed by atoms with E-state index in [0.717, 1.165) is 61.6 Å². The maximum atomic E-state index is 5.95. The summed E-state index contributed by atoms with van der Waals surface area (Å²) in [7, 11) is 0. The van der Waals surface area contributed by atoms with Gasteiger partial charge in [0, 0.05) is 28.6 Å². The number of ether oxygens (including phenoxy) is 1. The molecule has 7 rings (SSSR count). The van der Waals surface area contributed by atoms with Crippen molar-refractivity contribution in [1.29, 1.82) is 0 Å². The van der Waals surface area contributed by atoms with Gasteiger partial charge in [0.2, 0.25) is 0 Å². The molecular formula is C35H28ClN5O. The fraction of sp³-hybridized carbons (Fsp3) is 0.0571. The lowest BCUT2D eigenvalue weighted by atomic mass is 10.0. The molecule has 42 heavy (non-hydrogen) atoms. The molecule has 0 aliphatic carbocycles. The molecule has 0 unspecified atom stereocenters. The average molecular weight is 570 g/mol. The number of para-hydroxylation sites is 1. The van der Waals surface area contributed by atoms with Crippen molar-refractivity contribution in [3.05, 3.63) is 151 Å². The lowest BCUT2D eigenvalue weighted by Crippen LogP contribution is -2.02. The number of aromatic nitrogens is 4. The first-order valence-electron chi connectivity index (χ1n) is 13.6. The first-order valence-corrected chi connectivity index (χ1v) is 13.6. The third-order valence-electron chi connectivity index (χ3n) is 7.15. The van der Waals surface area contributed by atoms with E-state index in [-0.39, 0.29) is 12.4 Å². The Morgan fingerprint density at radius 3 is 2.17 bits per heavy atom. The molecule has 0 saturated carbocycles. The molecule has 7 aromatic rings. The van der Waals surface area contributed by atoms with Gasteiger partial charge in [-0.1, -0.05) is 84.9 Å². The van der Waals surface area contributed by atoms with Gasteiger partial charge >= 0.3 is 0 Å². The zero-order valence-electron chi connectivity index (χ0n) is 22.7. The number of nitrogens with one attached hydrogen (secondary N) is 1. The maximum Gasteiger partial charge on any atom is 0.160 e. The van der Waals surface area contributed by atoms with Gasteiger partial charge in [0.25, 0.3) is 0 Å². The second-order valence-electron chi connectivity index (χ2n) is 9.91. The summed E-state index contributed by atoms with van der Waals surface area (Å²) in [6.45, 7) is 0.548. The smallest absolute Gasteiger partial charge is 0.160 e. The van der Waals surface area contributed by atoms with E-state index in [1.807, 2.05) is 73.1 Å². The predicted octanol–water partition coefficient (Wildman–Crippen LogP) is 8.30. The molecule has 1 N–H and O–H groups in total. The van der Waals surface area contributed by atoms with Crippen LogP contribution < -0.4 is 10.1 Å². The Bertz CT molecular complexity index is 1940. The van der Waals surface area contributed by atoms with E-state index < -0.39 is 0 Å². The van der Waals surface area contributed by atoms with E-state index in [4.69, 9.17) is 4.74 Å². The van der Waals surface area contributed by atoms with Gasteiger partial charge in [-0.2, -0.15) is 5.10 Å². The van der Waals surface area contributed by atoms with E-state index in [2.05, 4.69) is 85.7 Å². The highest BCUT2D eigenvalue weighted by Gasteiger charge is 2.12. The fourth-order valence-electron chi connectivity index (χ4n) is 5.04. The van der Waals surface area contributed by atoms with E-state index in [0.29, 0.717) is 13.0 Å². The number of imidazole rings is 1. The molecule has 0 saturated heterocycles. The van der Waals surface area contributed by atoms with Gasteiger partial charge in [-0.25, -0.2) is 4.98 Å². The van der Waals surface area contributed by atoms with Crippen LogP contribution in [0, 0.1) is 0 Å². The number of rotatable bonds is 8. The van der Waals surface area contributed by atoms with Gasteiger partial charge in [0.1, 0.15) is 18.7 Å². The molecule has 206 valence electrons. The Morgan fingerprint density at radius 2 is 1.38 bits per heavy atom. The summed E-state index contributed by atoms with van der Waals surface area (Å²) >= 11 is 0. The highest BCUT2D eigenvalue weighted by molar-refractivity contribution is 5.95. The molecule has 0 aliphatic heterocycles. The van der Waals surface area contributed by atoms with Crippen molar-refractivity contribution in [2.75, 3.05) is 5.32 Å². The monoisotopic (exact) mass is 569 g/mol. The van der Waals surface area contributed by atoms with E-state index in [9.17, 15) is 0 Å². The summed E-state index contributed by atoms with van der Waals surface area (Å²) < 4.78 is 8.04. The molecule has 7 heteroatoms. The largest absolute Gasteiger partial charge is 0.489 e. The van der Waals surface area contributed by atoms with Crippen LogP contribution in [0.25, 0.3) is 27.5 Å². The Morgan fingerprint density at radius 1 is 0.667 bits per heavy atom. The first kappa shape index (κ1) is 27.0. The number of nitrogens with zero attached hydrogens (tertiary/aromatic N) is 4. The molecule has 2 heterocycles. The highest BCUT2D eigenvalue weighted by Crippen LogP contribution is 2.29. The highest BCUT2D eigenvalue weighted by atomic mass is 35.5. The van der Waals surface area contributed by atoms with Crippen LogP contribution in [0.1, 0.15) is 16.8 Å². The molecule has 0 bridgehead atoms. The van der Waals surface area contributed by atoms with Crippen LogP contribution in [0.4, 0.5) is 11.5 Å². The third kappa shape index (κ3) is 5.66. The zero-order chi connectivity index (χ0) is 27.4. The molecule has 0 radical (unpaired) electrons. The summed E-state index contributed by atoms with van der Waals surface area (Å²) in [5.41, 5.74) is 7.17. The minimum Gasteiger partial charge on any atom is -0.489 e. The van der Waals surface area contributed by atoms with Crippen molar-refractivity contribution in [3.8, 4) is 11.4 Å². The number of fused-ring (bicyclic) bond motifs is 2. The summed E-state index contributed by atoms with van der Waals surface area (Å²) in [4.78, 5) is 4.63. The van der Waals surface area contributed by atoms with Crippen LogP contribution >= 0.6 is 12.4 Å². The minimum absolute atomic E-state index is 0. The molecule has 2 aromatic heterocycles. The average Bonchev–Trinajstić information content (AvgIpc) is 3.46. The fourth-order valence-corrected chi connectivity index (χ4v) is 5.04. The lowest BCUT2D eigenvalue weighted by Gasteiger charge is -2.12. The zero-order valence-corrected chi connectivity index (χ0v) is 23.5. The van der Waals surface area contributed by atoms with Gasteiger partial charge < -0.3 is 10.1 Å². The van der Waals surface area contributed by atoms with E-state index in [1.54, 1.807) is 0 Å². The SMILES string of the molecule is Cl.c1ccc(COc2ccc(Cc3nnc(Nc4ccc5c(c4)ncn5-c4ccccc4)c4ccccc34)cc2)cc1. The van der Waals surface area contributed by atoms with Crippen LogP contribution in [-0.2, 0) is 13.0 Å². The van der Waals surface area contributed by atoms with Crippen molar-refractivity contribution in [2.24, 2.45) is 0 Å². The number of anilines is 2. The van der Waals surface area contributed by atoms with Gasteiger partial charge in [-0.15, -0.1) is 17.5 Å².